The van der Waals surface area contributed by atoms with Crippen molar-refractivity contribution in [2.45, 2.75) is 77.1 Å². The first-order chi connectivity index (χ1) is 12.6. The van der Waals surface area contributed by atoms with Crippen LogP contribution in [0.2, 0.25) is 0 Å². The first-order valence-electron chi connectivity index (χ1n) is 9.92. The predicted octanol–water partition coefficient (Wildman–Crippen LogP) is 2.81. The molecule has 1 saturated carbocycles. The van der Waals surface area contributed by atoms with Crippen LogP contribution < -0.4 is 0 Å². The highest BCUT2D eigenvalue weighted by atomic mass is 16.6. The summed E-state index contributed by atoms with van der Waals surface area (Å²) in [6.07, 6.45) is 5.35. The Morgan fingerprint density at radius 2 is 1.96 bits per heavy atom. The van der Waals surface area contributed by atoms with E-state index in [0.717, 1.165) is 25.7 Å². The maximum Gasteiger partial charge on any atom is 0.410 e. The van der Waals surface area contributed by atoms with E-state index >= 15 is 0 Å². The van der Waals surface area contributed by atoms with E-state index in [0.29, 0.717) is 12.2 Å². The molecule has 1 aromatic heterocycles. The third-order valence-electron chi connectivity index (χ3n) is 6.57. The summed E-state index contributed by atoms with van der Waals surface area (Å²) < 4.78 is 7.33. The van der Waals surface area contributed by atoms with Gasteiger partial charge in [0.1, 0.15) is 11.3 Å². The Bertz CT molecular complexity index is 768. The molecule has 4 rings (SSSR count). The van der Waals surface area contributed by atoms with E-state index in [-0.39, 0.29) is 35.5 Å². The van der Waals surface area contributed by atoms with Crippen molar-refractivity contribution in [2.24, 2.45) is 12.5 Å². The molecule has 0 radical (unpaired) electrons. The summed E-state index contributed by atoms with van der Waals surface area (Å²) in [7, 11) is 1.80. The highest BCUT2D eigenvalue weighted by Gasteiger charge is 2.62. The van der Waals surface area contributed by atoms with Crippen LogP contribution in [0.5, 0.6) is 0 Å². The number of likely N-dealkylation sites (tertiary alicyclic amines) is 2. The number of fused-ring (bicyclic) bond motifs is 1. The molecule has 2 aliphatic heterocycles. The normalized spacial score (nSPS) is 32.6. The van der Waals surface area contributed by atoms with Crippen molar-refractivity contribution in [1.29, 1.82) is 0 Å². The molecule has 1 aromatic rings. The Balaban J connectivity index is 1.67. The molecule has 1 aliphatic carbocycles. The molecule has 2 saturated heterocycles. The second-order valence-corrected chi connectivity index (χ2v) is 9.51. The summed E-state index contributed by atoms with van der Waals surface area (Å²) in [5.41, 5.74) is 0.0103. The zero-order valence-corrected chi connectivity index (χ0v) is 16.9. The number of hydrogen-bond acceptors (Lipinski definition) is 4. The van der Waals surface area contributed by atoms with Gasteiger partial charge in [-0.15, -0.1) is 0 Å². The van der Waals surface area contributed by atoms with Crippen LogP contribution in [0.25, 0.3) is 0 Å². The number of piperidine rings is 1. The molecule has 3 aliphatic rings. The molecule has 0 aromatic carbocycles. The SMILES string of the molecule is Cn1nccc1C(=O)N1[C@@H]2CN(C(=O)OC(C)(C)C)[C@@H]3CCC[C@H]1[C@]3(C)C2. The van der Waals surface area contributed by atoms with Crippen molar-refractivity contribution in [3.63, 3.8) is 0 Å². The molecular formula is C20H30N4O3. The second-order valence-electron chi connectivity index (χ2n) is 9.51. The monoisotopic (exact) mass is 374 g/mol. The van der Waals surface area contributed by atoms with E-state index in [2.05, 4.69) is 12.0 Å². The molecule has 27 heavy (non-hydrogen) atoms. The smallest absolute Gasteiger partial charge is 0.410 e. The Hall–Kier alpha value is -2.05. The number of ether oxygens (including phenoxy) is 1. The lowest BCUT2D eigenvalue weighted by atomic mass is 9.66. The van der Waals surface area contributed by atoms with Gasteiger partial charge < -0.3 is 14.5 Å². The molecule has 0 spiro atoms. The minimum Gasteiger partial charge on any atom is -0.444 e. The van der Waals surface area contributed by atoms with Crippen LogP contribution in [0.3, 0.4) is 0 Å². The highest BCUT2D eigenvalue weighted by molar-refractivity contribution is 5.93. The van der Waals surface area contributed by atoms with Gasteiger partial charge in [0.25, 0.3) is 5.91 Å². The van der Waals surface area contributed by atoms with Crippen LogP contribution in [0.1, 0.15) is 63.9 Å². The summed E-state index contributed by atoms with van der Waals surface area (Å²) >= 11 is 0. The van der Waals surface area contributed by atoms with Crippen LogP contribution in [0.4, 0.5) is 4.79 Å². The quantitative estimate of drug-likeness (QED) is 0.758. The predicted molar refractivity (Wildman–Crippen MR) is 100 cm³/mol. The molecular weight excluding hydrogens is 344 g/mol. The van der Waals surface area contributed by atoms with Crippen LogP contribution in [-0.4, -0.2) is 61.9 Å². The van der Waals surface area contributed by atoms with E-state index in [4.69, 9.17) is 4.74 Å². The Labute approximate surface area is 160 Å². The maximum absolute atomic E-state index is 13.3. The van der Waals surface area contributed by atoms with Crippen molar-refractivity contribution in [3.8, 4) is 0 Å². The molecule has 2 bridgehead atoms. The molecule has 0 unspecified atom stereocenters. The lowest BCUT2D eigenvalue weighted by molar-refractivity contribution is -0.0247. The fourth-order valence-electron chi connectivity index (χ4n) is 5.54. The number of carbonyl (C=O) groups excluding carboxylic acids is 2. The summed E-state index contributed by atoms with van der Waals surface area (Å²) in [4.78, 5) is 30.2. The van der Waals surface area contributed by atoms with Gasteiger partial charge in [0.05, 0.1) is 6.04 Å². The third-order valence-corrected chi connectivity index (χ3v) is 6.57. The molecule has 148 valence electrons. The zero-order chi connectivity index (χ0) is 19.6. The number of aryl methyl sites for hydroxylation is 1. The first-order valence-corrected chi connectivity index (χ1v) is 9.92. The summed E-state index contributed by atoms with van der Waals surface area (Å²) in [6.45, 7) is 8.49. The molecule has 3 fully saturated rings. The lowest BCUT2D eigenvalue weighted by Crippen LogP contribution is -2.58. The summed E-state index contributed by atoms with van der Waals surface area (Å²) in [6, 6.07) is 2.10. The van der Waals surface area contributed by atoms with Crippen molar-refractivity contribution in [1.82, 2.24) is 19.6 Å². The van der Waals surface area contributed by atoms with Crippen molar-refractivity contribution in [3.05, 3.63) is 18.0 Å². The minimum absolute atomic E-state index is 0.0282. The minimum atomic E-state index is -0.521. The van der Waals surface area contributed by atoms with Crippen LogP contribution in [0.15, 0.2) is 12.3 Å². The third kappa shape index (κ3) is 2.82. The van der Waals surface area contributed by atoms with Gasteiger partial charge in [-0.2, -0.15) is 5.10 Å². The first kappa shape index (κ1) is 18.3. The van der Waals surface area contributed by atoms with Gasteiger partial charge in [-0.25, -0.2) is 4.79 Å². The average Bonchev–Trinajstić information content (AvgIpc) is 3.10. The summed E-state index contributed by atoms with van der Waals surface area (Å²) in [5, 5.41) is 4.16. The molecule has 4 atom stereocenters. The number of aromatic nitrogens is 2. The fourth-order valence-corrected chi connectivity index (χ4v) is 5.54. The number of carbonyl (C=O) groups is 2. The van der Waals surface area contributed by atoms with Gasteiger partial charge in [-0.05, 0) is 52.5 Å². The van der Waals surface area contributed by atoms with Gasteiger partial charge in [0, 0.05) is 37.3 Å². The van der Waals surface area contributed by atoms with E-state index < -0.39 is 5.60 Å². The molecule has 7 nitrogen and oxygen atoms in total. The Kier molecular flexibility index (Phi) is 4.05. The van der Waals surface area contributed by atoms with Gasteiger partial charge >= 0.3 is 6.09 Å². The highest BCUT2D eigenvalue weighted by Crippen LogP contribution is 2.54. The van der Waals surface area contributed by atoms with Gasteiger partial charge in [-0.1, -0.05) is 6.92 Å². The Morgan fingerprint density at radius 1 is 1.26 bits per heavy atom. The number of hydrogen-bond donors (Lipinski definition) is 0. The van der Waals surface area contributed by atoms with Crippen molar-refractivity contribution >= 4 is 12.0 Å². The van der Waals surface area contributed by atoms with Crippen LogP contribution >= 0.6 is 0 Å². The lowest BCUT2D eigenvalue weighted by Gasteiger charge is -2.49. The van der Waals surface area contributed by atoms with Gasteiger partial charge in [-0.3, -0.25) is 9.48 Å². The average molecular weight is 374 g/mol. The van der Waals surface area contributed by atoms with Crippen molar-refractivity contribution < 1.29 is 14.3 Å². The second kappa shape index (κ2) is 5.97. The molecule has 7 heteroatoms. The molecule has 3 heterocycles. The van der Waals surface area contributed by atoms with Crippen molar-refractivity contribution in [2.75, 3.05) is 6.54 Å². The number of amides is 2. The number of rotatable bonds is 1. The van der Waals surface area contributed by atoms with E-state index in [1.165, 1.54) is 0 Å². The maximum atomic E-state index is 13.3. The zero-order valence-electron chi connectivity index (χ0n) is 16.9. The van der Waals surface area contributed by atoms with Crippen LogP contribution in [-0.2, 0) is 11.8 Å². The van der Waals surface area contributed by atoms with Gasteiger partial charge in [0.2, 0.25) is 0 Å². The number of nitrogens with zero attached hydrogens (tertiary/aromatic N) is 4. The fraction of sp³-hybridized carbons (Fsp3) is 0.750. The van der Waals surface area contributed by atoms with Gasteiger partial charge in [0.15, 0.2) is 0 Å². The Morgan fingerprint density at radius 3 is 2.59 bits per heavy atom. The van der Waals surface area contributed by atoms with E-state index in [9.17, 15) is 9.59 Å². The summed E-state index contributed by atoms with van der Waals surface area (Å²) in [5.74, 6) is 0.0282. The van der Waals surface area contributed by atoms with E-state index in [1.54, 1.807) is 24.0 Å². The van der Waals surface area contributed by atoms with E-state index in [1.807, 2.05) is 30.6 Å². The van der Waals surface area contributed by atoms with Crippen LogP contribution in [0, 0.1) is 5.41 Å². The topological polar surface area (TPSA) is 67.7 Å². The molecule has 0 N–H and O–H groups in total. The molecule has 2 amide bonds. The standard InChI is InChI=1S/C20H30N4O3/c1-19(2,3)27-18(26)23-12-13-11-20(4)15(23)7-6-8-16(20)24(13)17(25)14-9-10-21-22(14)5/h9-10,13,15-16H,6-8,11-12H2,1-5H3/t13-,15+,16-,20+/m0/s1. The largest absolute Gasteiger partial charge is 0.444 e.